The Balaban J connectivity index is 1.41. The van der Waals surface area contributed by atoms with E-state index in [9.17, 15) is 4.79 Å². The van der Waals surface area contributed by atoms with Gasteiger partial charge >= 0.3 is 0 Å². The minimum Gasteiger partial charge on any atom is -0.345 e. The largest absolute Gasteiger partial charge is 0.345 e. The first-order valence-electron chi connectivity index (χ1n) is 9.05. The number of carbonyl (C=O) groups excluding carboxylic acids is 1. The summed E-state index contributed by atoms with van der Waals surface area (Å²) in [6, 6.07) is 11.4. The van der Waals surface area contributed by atoms with Gasteiger partial charge in [-0.05, 0) is 42.3 Å². The minimum absolute atomic E-state index is 0.00601. The van der Waals surface area contributed by atoms with E-state index in [1.807, 2.05) is 48.2 Å². The van der Waals surface area contributed by atoms with Gasteiger partial charge < -0.3 is 9.80 Å². The Kier molecular flexibility index (Phi) is 5.58. The molecule has 144 valence electrons. The third kappa shape index (κ3) is 3.88. The molecule has 7 heteroatoms. The Morgan fingerprint density at radius 3 is 2.57 bits per heavy atom. The molecule has 0 bridgehead atoms. The summed E-state index contributed by atoms with van der Waals surface area (Å²) in [6.07, 6.45) is 3.37. The number of anilines is 1. The third-order valence-corrected chi connectivity index (χ3v) is 6.74. The molecule has 4 nitrogen and oxygen atoms in total. The van der Waals surface area contributed by atoms with E-state index < -0.39 is 0 Å². The van der Waals surface area contributed by atoms with Gasteiger partial charge in [0.25, 0.3) is 0 Å². The predicted octanol–water partition coefficient (Wildman–Crippen LogP) is 5.27. The van der Waals surface area contributed by atoms with Crippen molar-refractivity contribution in [2.75, 3.05) is 31.1 Å². The van der Waals surface area contributed by atoms with Gasteiger partial charge in [-0.25, -0.2) is 4.98 Å². The molecule has 2 aromatic carbocycles. The normalized spacial score (nSPS) is 15.0. The van der Waals surface area contributed by atoms with Gasteiger partial charge in [-0.3, -0.25) is 4.79 Å². The maximum atomic E-state index is 12.5. The van der Waals surface area contributed by atoms with E-state index in [4.69, 9.17) is 28.2 Å². The third-order valence-electron chi connectivity index (χ3n) is 4.91. The molecule has 1 saturated heterocycles. The number of fused-ring (bicyclic) bond motifs is 1. The number of carbonyl (C=O) groups is 1. The van der Waals surface area contributed by atoms with Gasteiger partial charge in [0, 0.05) is 42.3 Å². The van der Waals surface area contributed by atoms with Crippen LogP contribution in [0.1, 0.15) is 11.1 Å². The zero-order valence-electron chi connectivity index (χ0n) is 15.4. The number of halogens is 2. The van der Waals surface area contributed by atoms with E-state index in [1.165, 1.54) is 0 Å². The number of amides is 1. The van der Waals surface area contributed by atoms with Crippen molar-refractivity contribution in [3.05, 3.63) is 63.6 Å². The fourth-order valence-electron chi connectivity index (χ4n) is 3.22. The number of aromatic nitrogens is 1. The average molecular weight is 432 g/mol. The minimum atomic E-state index is 0.00601. The summed E-state index contributed by atoms with van der Waals surface area (Å²) in [7, 11) is 0. The summed E-state index contributed by atoms with van der Waals surface area (Å²) in [4.78, 5) is 21.4. The molecule has 2 heterocycles. The van der Waals surface area contributed by atoms with Crippen LogP contribution in [-0.2, 0) is 4.79 Å². The number of benzene rings is 2. The highest BCUT2D eigenvalue weighted by Crippen LogP contribution is 2.33. The molecule has 0 unspecified atom stereocenters. The van der Waals surface area contributed by atoms with Crippen molar-refractivity contribution in [1.29, 1.82) is 0 Å². The fraction of sp³-hybridized carbons (Fsp3) is 0.238. The van der Waals surface area contributed by atoms with Crippen molar-refractivity contribution in [2.45, 2.75) is 6.92 Å². The van der Waals surface area contributed by atoms with E-state index in [0.717, 1.165) is 44.6 Å². The van der Waals surface area contributed by atoms with Crippen molar-refractivity contribution in [3.63, 3.8) is 0 Å². The van der Waals surface area contributed by atoms with Gasteiger partial charge in [0.1, 0.15) is 0 Å². The Morgan fingerprint density at radius 1 is 1.07 bits per heavy atom. The van der Waals surface area contributed by atoms with Gasteiger partial charge in [0.15, 0.2) is 5.13 Å². The summed E-state index contributed by atoms with van der Waals surface area (Å²) < 4.78 is 1.14. The van der Waals surface area contributed by atoms with Crippen molar-refractivity contribution < 1.29 is 4.79 Å². The number of piperazine rings is 1. The molecule has 0 spiro atoms. The van der Waals surface area contributed by atoms with E-state index in [2.05, 4.69) is 4.90 Å². The van der Waals surface area contributed by atoms with Crippen LogP contribution in [-0.4, -0.2) is 42.0 Å². The lowest BCUT2D eigenvalue weighted by molar-refractivity contribution is -0.126. The summed E-state index contributed by atoms with van der Waals surface area (Å²) in [5.74, 6) is 0.00601. The lowest BCUT2D eigenvalue weighted by Crippen LogP contribution is -2.48. The standard InChI is InChI=1S/C21H19Cl2N3OS/c1-14-16(22)7-8-18-20(14)24-21(28-18)26-12-10-25(11-13-26)19(27)9-6-15-4-2-3-5-17(15)23/h2-9H,10-13H2,1H3/b9-6+. The quantitative estimate of drug-likeness (QED) is 0.529. The number of nitrogens with zero attached hydrogens (tertiary/aromatic N) is 3. The SMILES string of the molecule is Cc1c(Cl)ccc2sc(N3CCN(C(=O)/C=C/c4ccccc4Cl)CC3)nc12. The summed E-state index contributed by atoms with van der Waals surface area (Å²) in [6.45, 7) is 4.86. The highest BCUT2D eigenvalue weighted by atomic mass is 35.5. The molecule has 1 fully saturated rings. The first-order chi connectivity index (χ1) is 13.5. The van der Waals surface area contributed by atoms with Gasteiger partial charge in [-0.1, -0.05) is 52.7 Å². The van der Waals surface area contributed by atoms with Crippen LogP contribution in [0.2, 0.25) is 10.0 Å². The van der Waals surface area contributed by atoms with Crippen LogP contribution in [0.4, 0.5) is 5.13 Å². The second kappa shape index (κ2) is 8.11. The number of hydrogen-bond donors (Lipinski definition) is 0. The molecule has 0 atom stereocenters. The molecular formula is C21H19Cl2N3OS. The fourth-order valence-corrected chi connectivity index (χ4v) is 4.65. The highest BCUT2D eigenvalue weighted by molar-refractivity contribution is 7.22. The molecule has 1 amide bonds. The number of thiazole rings is 1. The smallest absolute Gasteiger partial charge is 0.246 e. The average Bonchev–Trinajstić information content (AvgIpc) is 3.15. The van der Waals surface area contributed by atoms with E-state index >= 15 is 0 Å². The van der Waals surface area contributed by atoms with E-state index in [-0.39, 0.29) is 5.91 Å². The second-order valence-electron chi connectivity index (χ2n) is 6.68. The molecule has 1 aliphatic rings. The van der Waals surface area contributed by atoms with Gasteiger partial charge in [-0.2, -0.15) is 0 Å². The molecule has 1 aliphatic heterocycles. The van der Waals surface area contributed by atoms with Crippen LogP contribution >= 0.6 is 34.5 Å². The Hall–Kier alpha value is -2.08. The van der Waals surface area contributed by atoms with Crippen LogP contribution in [0, 0.1) is 6.92 Å². The monoisotopic (exact) mass is 431 g/mol. The van der Waals surface area contributed by atoms with E-state index in [0.29, 0.717) is 18.1 Å². The van der Waals surface area contributed by atoms with Gasteiger partial charge in [0.05, 0.1) is 10.2 Å². The molecule has 0 saturated carbocycles. The van der Waals surface area contributed by atoms with Gasteiger partial charge in [0.2, 0.25) is 5.91 Å². The lowest BCUT2D eigenvalue weighted by atomic mass is 10.2. The summed E-state index contributed by atoms with van der Waals surface area (Å²) >= 11 is 14.0. The van der Waals surface area contributed by atoms with Crippen molar-refractivity contribution in [1.82, 2.24) is 9.88 Å². The summed E-state index contributed by atoms with van der Waals surface area (Å²) in [5.41, 5.74) is 2.83. The maximum Gasteiger partial charge on any atom is 0.246 e. The zero-order chi connectivity index (χ0) is 19.7. The van der Waals surface area contributed by atoms with Crippen LogP contribution in [0.15, 0.2) is 42.5 Å². The van der Waals surface area contributed by atoms with Crippen LogP contribution < -0.4 is 4.90 Å². The molecule has 1 aromatic heterocycles. The molecule has 0 radical (unpaired) electrons. The highest BCUT2D eigenvalue weighted by Gasteiger charge is 2.22. The van der Waals surface area contributed by atoms with Crippen molar-refractivity contribution in [3.8, 4) is 0 Å². The summed E-state index contributed by atoms with van der Waals surface area (Å²) in [5, 5.41) is 2.37. The Morgan fingerprint density at radius 2 is 1.82 bits per heavy atom. The molecule has 28 heavy (non-hydrogen) atoms. The molecule has 0 aliphatic carbocycles. The van der Waals surface area contributed by atoms with Gasteiger partial charge in [-0.15, -0.1) is 0 Å². The second-order valence-corrected chi connectivity index (χ2v) is 8.51. The number of aryl methyl sites for hydroxylation is 1. The Bertz CT molecular complexity index is 1050. The Labute approximate surface area is 178 Å². The van der Waals surface area contributed by atoms with Crippen molar-refractivity contribution in [2.24, 2.45) is 0 Å². The first kappa shape index (κ1) is 19.2. The number of hydrogen-bond acceptors (Lipinski definition) is 4. The number of rotatable bonds is 3. The first-order valence-corrected chi connectivity index (χ1v) is 10.6. The van der Waals surface area contributed by atoms with Crippen LogP contribution in [0.5, 0.6) is 0 Å². The maximum absolute atomic E-state index is 12.5. The topological polar surface area (TPSA) is 36.4 Å². The van der Waals surface area contributed by atoms with Crippen LogP contribution in [0.25, 0.3) is 16.3 Å². The van der Waals surface area contributed by atoms with E-state index in [1.54, 1.807) is 23.5 Å². The van der Waals surface area contributed by atoms with Crippen molar-refractivity contribution >= 4 is 61.9 Å². The molecule has 4 rings (SSSR count). The zero-order valence-corrected chi connectivity index (χ0v) is 17.7. The molecule has 3 aromatic rings. The lowest BCUT2D eigenvalue weighted by Gasteiger charge is -2.34. The molecular weight excluding hydrogens is 413 g/mol. The van der Waals surface area contributed by atoms with Crippen LogP contribution in [0.3, 0.4) is 0 Å². The predicted molar refractivity (Wildman–Crippen MR) is 119 cm³/mol. The molecule has 0 N–H and O–H groups in total.